The highest BCUT2D eigenvalue weighted by atomic mass is 16.5. The van der Waals surface area contributed by atoms with Gasteiger partial charge in [0.15, 0.2) is 0 Å². The summed E-state index contributed by atoms with van der Waals surface area (Å²) in [5.41, 5.74) is 4.34. The minimum Gasteiger partial charge on any atom is -0.497 e. The standard InChI is InChI=1S/C29H34N2O3/c1-30(2)28(32)23-8-5-7-22(19-23)20-31-18-6-17-29(21-31,24-9-13-26(33-3)14-10-24)25-11-15-27(34-4)16-12-25/h5,7-16,19H,6,17-18,20-21H2,1-4H3. The molecule has 1 aliphatic rings. The van der Waals surface area contributed by atoms with Crippen LogP contribution in [0.5, 0.6) is 11.5 Å². The fourth-order valence-electron chi connectivity index (χ4n) is 5.06. The van der Waals surface area contributed by atoms with Crippen LogP contribution in [0.15, 0.2) is 72.8 Å². The van der Waals surface area contributed by atoms with E-state index in [1.165, 1.54) is 11.1 Å². The fraction of sp³-hybridized carbons (Fsp3) is 0.345. The summed E-state index contributed by atoms with van der Waals surface area (Å²) in [7, 11) is 6.98. The van der Waals surface area contributed by atoms with E-state index in [-0.39, 0.29) is 11.3 Å². The number of piperidine rings is 1. The third kappa shape index (κ3) is 4.95. The highest BCUT2D eigenvalue weighted by molar-refractivity contribution is 5.94. The molecule has 0 unspecified atom stereocenters. The number of rotatable bonds is 7. The largest absolute Gasteiger partial charge is 0.497 e. The Bertz CT molecular complexity index is 1060. The number of carbonyl (C=O) groups is 1. The zero-order valence-corrected chi connectivity index (χ0v) is 20.6. The fourth-order valence-corrected chi connectivity index (χ4v) is 5.06. The summed E-state index contributed by atoms with van der Waals surface area (Å²) in [4.78, 5) is 16.6. The molecule has 178 valence electrons. The second kappa shape index (κ2) is 10.3. The molecule has 4 rings (SSSR count). The van der Waals surface area contributed by atoms with Crippen molar-refractivity contribution in [3.63, 3.8) is 0 Å². The molecule has 0 atom stereocenters. The molecule has 1 fully saturated rings. The molecule has 3 aromatic carbocycles. The molecule has 5 nitrogen and oxygen atoms in total. The molecule has 0 radical (unpaired) electrons. The maximum Gasteiger partial charge on any atom is 0.253 e. The second-order valence-electron chi connectivity index (χ2n) is 9.25. The van der Waals surface area contributed by atoms with Crippen LogP contribution in [-0.4, -0.2) is 57.1 Å². The van der Waals surface area contributed by atoms with E-state index in [9.17, 15) is 4.79 Å². The predicted octanol–water partition coefficient (Wildman–Crippen LogP) is 4.99. The predicted molar refractivity (Wildman–Crippen MR) is 136 cm³/mol. The van der Waals surface area contributed by atoms with Gasteiger partial charge in [-0.1, -0.05) is 36.4 Å². The van der Waals surface area contributed by atoms with Gasteiger partial charge in [0.25, 0.3) is 5.91 Å². The lowest BCUT2D eigenvalue weighted by molar-refractivity contribution is 0.0827. The van der Waals surface area contributed by atoms with E-state index in [1.807, 2.05) is 18.2 Å². The Hall–Kier alpha value is -3.31. The topological polar surface area (TPSA) is 42.0 Å². The zero-order chi connectivity index (χ0) is 24.1. The summed E-state index contributed by atoms with van der Waals surface area (Å²) < 4.78 is 10.8. The van der Waals surface area contributed by atoms with E-state index in [0.29, 0.717) is 0 Å². The quantitative estimate of drug-likeness (QED) is 0.500. The summed E-state index contributed by atoms with van der Waals surface area (Å²) >= 11 is 0. The van der Waals surface area contributed by atoms with Gasteiger partial charge in [0.2, 0.25) is 0 Å². The number of methoxy groups -OCH3 is 2. The summed E-state index contributed by atoms with van der Waals surface area (Å²) in [5, 5.41) is 0. The minimum absolute atomic E-state index is 0.0336. The van der Waals surface area contributed by atoms with Crippen molar-refractivity contribution in [2.24, 2.45) is 0 Å². The summed E-state index contributed by atoms with van der Waals surface area (Å²) in [5.74, 6) is 1.76. The van der Waals surface area contributed by atoms with Crippen molar-refractivity contribution in [2.75, 3.05) is 41.4 Å². The van der Waals surface area contributed by atoms with E-state index >= 15 is 0 Å². The number of hydrogen-bond donors (Lipinski definition) is 0. The van der Waals surface area contributed by atoms with Crippen LogP contribution < -0.4 is 9.47 Å². The Kier molecular flexibility index (Phi) is 7.23. The molecule has 1 saturated heterocycles. The first kappa shape index (κ1) is 23.8. The van der Waals surface area contributed by atoms with Crippen LogP contribution in [0, 0.1) is 0 Å². The van der Waals surface area contributed by atoms with E-state index < -0.39 is 0 Å². The molecule has 0 N–H and O–H groups in total. The molecule has 5 heteroatoms. The molecule has 1 aliphatic heterocycles. The van der Waals surface area contributed by atoms with Crippen LogP contribution in [-0.2, 0) is 12.0 Å². The average Bonchev–Trinajstić information content (AvgIpc) is 2.88. The summed E-state index contributed by atoms with van der Waals surface area (Å²) in [6, 6.07) is 25.0. The Morgan fingerprint density at radius 2 is 1.50 bits per heavy atom. The van der Waals surface area contributed by atoms with Gasteiger partial charge in [0.1, 0.15) is 11.5 Å². The molecule has 0 spiro atoms. The number of nitrogens with zero attached hydrogens (tertiary/aromatic N) is 2. The smallest absolute Gasteiger partial charge is 0.253 e. The zero-order valence-electron chi connectivity index (χ0n) is 20.6. The molecule has 0 bridgehead atoms. The van der Waals surface area contributed by atoms with Crippen molar-refractivity contribution in [3.05, 3.63) is 95.1 Å². The van der Waals surface area contributed by atoms with Crippen LogP contribution in [0.1, 0.15) is 39.9 Å². The summed E-state index contributed by atoms with van der Waals surface area (Å²) in [6.07, 6.45) is 2.16. The first-order chi connectivity index (χ1) is 16.4. The SMILES string of the molecule is COc1ccc(C2(c3ccc(OC)cc3)CCCN(Cc3cccc(C(=O)N(C)C)c3)C2)cc1. The van der Waals surface area contributed by atoms with Gasteiger partial charge in [-0.2, -0.15) is 0 Å². The molecular weight excluding hydrogens is 424 g/mol. The van der Waals surface area contributed by atoms with Crippen molar-refractivity contribution in [2.45, 2.75) is 24.8 Å². The molecule has 0 aromatic heterocycles. The van der Waals surface area contributed by atoms with Crippen molar-refractivity contribution in [1.29, 1.82) is 0 Å². The highest BCUT2D eigenvalue weighted by Crippen LogP contribution is 2.41. The maximum atomic E-state index is 12.5. The lowest BCUT2D eigenvalue weighted by Crippen LogP contribution is -2.46. The van der Waals surface area contributed by atoms with E-state index in [1.54, 1.807) is 33.2 Å². The van der Waals surface area contributed by atoms with E-state index in [2.05, 4.69) is 59.5 Å². The van der Waals surface area contributed by atoms with Gasteiger partial charge in [-0.3, -0.25) is 9.69 Å². The highest BCUT2D eigenvalue weighted by Gasteiger charge is 2.38. The van der Waals surface area contributed by atoms with Crippen molar-refractivity contribution >= 4 is 5.91 Å². The van der Waals surface area contributed by atoms with Gasteiger partial charge >= 0.3 is 0 Å². The normalized spacial score (nSPS) is 15.5. The van der Waals surface area contributed by atoms with E-state index in [0.717, 1.165) is 55.1 Å². The van der Waals surface area contributed by atoms with Crippen LogP contribution >= 0.6 is 0 Å². The van der Waals surface area contributed by atoms with Crippen LogP contribution in [0.3, 0.4) is 0 Å². The molecular formula is C29H34N2O3. The third-order valence-electron chi connectivity index (χ3n) is 6.84. The van der Waals surface area contributed by atoms with E-state index in [4.69, 9.17) is 9.47 Å². The Labute approximate surface area is 202 Å². The average molecular weight is 459 g/mol. The second-order valence-corrected chi connectivity index (χ2v) is 9.25. The van der Waals surface area contributed by atoms with Gasteiger partial charge in [-0.15, -0.1) is 0 Å². The number of carbonyl (C=O) groups excluding carboxylic acids is 1. The van der Waals surface area contributed by atoms with Crippen molar-refractivity contribution < 1.29 is 14.3 Å². The Morgan fingerprint density at radius 1 is 0.912 bits per heavy atom. The lowest BCUT2D eigenvalue weighted by atomic mass is 9.69. The minimum atomic E-state index is -0.131. The van der Waals surface area contributed by atoms with Crippen molar-refractivity contribution in [1.82, 2.24) is 9.80 Å². The van der Waals surface area contributed by atoms with Crippen LogP contribution in [0.25, 0.3) is 0 Å². The first-order valence-corrected chi connectivity index (χ1v) is 11.8. The molecule has 3 aromatic rings. The number of benzene rings is 3. The number of hydrogen-bond acceptors (Lipinski definition) is 4. The number of likely N-dealkylation sites (tertiary alicyclic amines) is 1. The maximum absolute atomic E-state index is 12.5. The molecule has 1 amide bonds. The third-order valence-corrected chi connectivity index (χ3v) is 6.84. The number of ether oxygens (including phenoxy) is 2. The van der Waals surface area contributed by atoms with Gasteiger partial charge in [0, 0.05) is 38.2 Å². The molecule has 1 heterocycles. The van der Waals surface area contributed by atoms with Gasteiger partial charge < -0.3 is 14.4 Å². The van der Waals surface area contributed by atoms with Crippen LogP contribution in [0.2, 0.25) is 0 Å². The number of amides is 1. The first-order valence-electron chi connectivity index (χ1n) is 11.8. The Balaban J connectivity index is 1.66. The Morgan fingerprint density at radius 3 is 2.03 bits per heavy atom. The lowest BCUT2D eigenvalue weighted by Gasteiger charge is -2.44. The van der Waals surface area contributed by atoms with Gasteiger partial charge in [-0.25, -0.2) is 0 Å². The molecule has 0 saturated carbocycles. The molecule has 0 aliphatic carbocycles. The van der Waals surface area contributed by atoms with Crippen LogP contribution in [0.4, 0.5) is 0 Å². The van der Waals surface area contributed by atoms with Crippen molar-refractivity contribution in [3.8, 4) is 11.5 Å². The van der Waals surface area contributed by atoms with Gasteiger partial charge in [-0.05, 0) is 72.5 Å². The van der Waals surface area contributed by atoms with Gasteiger partial charge in [0.05, 0.1) is 14.2 Å². The molecule has 34 heavy (non-hydrogen) atoms. The monoisotopic (exact) mass is 458 g/mol. The summed E-state index contributed by atoms with van der Waals surface area (Å²) in [6.45, 7) is 2.74.